The molecule has 104 valence electrons. The normalized spacial score (nSPS) is 16.1. The number of piperazine rings is 1. The Balaban J connectivity index is 2.19. The molecule has 19 heavy (non-hydrogen) atoms. The first-order chi connectivity index (χ1) is 9.20. The zero-order chi connectivity index (χ0) is 13.7. The number of nitrogens with one attached hydrogen (secondary N) is 2. The SMILES string of the molecule is COc1cccc(CN2CCNCC2)c1NC(C)=O. The van der Waals surface area contributed by atoms with Gasteiger partial charge >= 0.3 is 0 Å². The average Bonchev–Trinajstić information content (AvgIpc) is 2.41. The lowest BCUT2D eigenvalue weighted by Gasteiger charge is -2.28. The Morgan fingerprint density at radius 1 is 1.42 bits per heavy atom. The first-order valence-corrected chi connectivity index (χ1v) is 6.57. The first-order valence-electron chi connectivity index (χ1n) is 6.57. The lowest BCUT2D eigenvalue weighted by molar-refractivity contribution is -0.114. The Hall–Kier alpha value is -1.59. The van der Waals surface area contributed by atoms with Gasteiger partial charge in [0.2, 0.25) is 5.91 Å². The predicted octanol–water partition coefficient (Wildman–Crippen LogP) is 1.06. The quantitative estimate of drug-likeness (QED) is 0.853. The standard InChI is InChI=1S/C14H21N3O2/c1-11(18)16-14-12(4-3-5-13(14)19-2)10-17-8-6-15-7-9-17/h3-5,15H,6-10H2,1-2H3,(H,16,18). The number of amides is 1. The lowest BCUT2D eigenvalue weighted by atomic mass is 10.1. The molecule has 1 aromatic rings. The molecule has 1 amide bonds. The average molecular weight is 263 g/mol. The maximum atomic E-state index is 11.3. The second kappa shape index (κ2) is 6.54. The van der Waals surface area contributed by atoms with Crippen LogP contribution in [0.25, 0.3) is 0 Å². The fraction of sp³-hybridized carbons (Fsp3) is 0.500. The lowest BCUT2D eigenvalue weighted by Crippen LogP contribution is -2.43. The molecule has 0 aromatic heterocycles. The molecule has 1 fully saturated rings. The van der Waals surface area contributed by atoms with Crippen LogP contribution in [0, 0.1) is 0 Å². The number of carbonyl (C=O) groups excluding carboxylic acids is 1. The van der Waals surface area contributed by atoms with E-state index in [1.54, 1.807) is 7.11 Å². The van der Waals surface area contributed by atoms with Crippen molar-refractivity contribution in [2.45, 2.75) is 13.5 Å². The van der Waals surface area contributed by atoms with Gasteiger partial charge in [-0.1, -0.05) is 12.1 Å². The summed E-state index contributed by atoms with van der Waals surface area (Å²) in [6.45, 7) is 6.42. The largest absolute Gasteiger partial charge is 0.495 e. The molecule has 0 atom stereocenters. The number of para-hydroxylation sites is 1. The van der Waals surface area contributed by atoms with Gasteiger partial charge in [-0.3, -0.25) is 9.69 Å². The van der Waals surface area contributed by atoms with Gasteiger partial charge < -0.3 is 15.4 Å². The summed E-state index contributed by atoms with van der Waals surface area (Å²) in [6, 6.07) is 5.87. The van der Waals surface area contributed by atoms with E-state index in [-0.39, 0.29) is 5.91 Å². The topological polar surface area (TPSA) is 53.6 Å². The number of methoxy groups -OCH3 is 1. The summed E-state index contributed by atoms with van der Waals surface area (Å²) < 4.78 is 5.33. The number of ether oxygens (including phenoxy) is 1. The number of rotatable bonds is 4. The van der Waals surface area contributed by atoms with Gasteiger partial charge in [-0.05, 0) is 11.6 Å². The van der Waals surface area contributed by atoms with E-state index in [1.807, 2.05) is 18.2 Å². The third kappa shape index (κ3) is 3.68. The maximum Gasteiger partial charge on any atom is 0.221 e. The molecule has 1 saturated heterocycles. The van der Waals surface area contributed by atoms with Gasteiger partial charge in [0.25, 0.3) is 0 Å². The molecule has 1 aromatic carbocycles. The van der Waals surface area contributed by atoms with E-state index < -0.39 is 0 Å². The van der Waals surface area contributed by atoms with Crippen molar-refractivity contribution < 1.29 is 9.53 Å². The van der Waals surface area contributed by atoms with Crippen molar-refractivity contribution in [2.24, 2.45) is 0 Å². The summed E-state index contributed by atoms with van der Waals surface area (Å²) in [7, 11) is 1.62. The third-order valence-corrected chi connectivity index (χ3v) is 3.24. The van der Waals surface area contributed by atoms with Gasteiger partial charge in [-0.2, -0.15) is 0 Å². The van der Waals surface area contributed by atoms with Crippen molar-refractivity contribution >= 4 is 11.6 Å². The summed E-state index contributed by atoms with van der Waals surface area (Å²) in [6.07, 6.45) is 0. The van der Waals surface area contributed by atoms with Crippen LogP contribution in [0.1, 0.15) is 12.5 Å². The second-order valence-corrected chi connectivity index (χ2v) is 4.70. The van der Waals surface area contributed by atoms with Crippen LogP contribution in [0.15, 0.2) is 18.2 Å². The highest BCUT2D eigenvalue weighted by Crippen LogP contribution is 2.29. The summed E-state index contributed by atoms with van der Waals surface area (Å²) in [5.41, 5.74) is 1.88. The summed E-state index contributed by atoms with van der Waals surface area (Å²) in [5, 5.41) is 6.21. The van der Waals surface area contributed by atoms with Gasteiger partial charge in [0.05, 0.1) is 12.8 Å². The van der Waals surface area contributed by atoms with Gasteiger partial charge in [0.1, 0.15) is 5.75 Å². The number of hydrogen-bond acceptors (Lipinski definition) is 4. The molecular weight excluding hydrogens is 242 g/mol. The molecule has 2 N–H and O–H groups in total. The molecule has 5 heteroatoms. The number of benzene rings is 1. The predicted molar refractivity (Wildman–Crippen MR) is 75.4 cm³/mol. The fourth-order valence-corrected chi connectivity index (χ4v) is 2.31. The minimum absolute atomic E-state index is 0.0777. The van der Waals surface area contributed by atoms with E-state index >= 15 is 0 Å². The van der Waals surface area contributed by atoms with Crippen LogP contribution in [-0.2, 0) is 11.3 Å². The molecule has 0 aliphatic carbocycles. The van der Waals surface area contributed by atoms with Crippen LogP contribution in [-0.4, -0.2) is 44.1 Å². The summed E-state index contributed by atoms with van der Waals surface area (Å²) in [4.78, 5) is 13.7. The molecule has 0 saturated carbocycles. The van der Waals surface area contributed by atoms with Crippen LogP contribution in [0.4, 0.5) is 5.69 Å². The van der Waals surface area contributed by atoms with Crippen molar-refractivity contribution in [3.05, 3.63) is 23.8 Å². The molecular formula is C14H21N3O2. The van der Waals surface area contributed by atoms with Gasteiger partial charge in [-0.25, -0.2) is 0 Å². The zero-order valence-electron chi connectivity index (χ0n) is 11.5. The molecule has 0 unspecified atom stereocenters. The molecule has 0 bridgehead atoms. The highest BCUT2D eigenvalue weighted by Gasteiger charge is 2.15. The fourth-order valence-electron chi connectivity index (χ4n) is 2.31. The second-order valence-electron chi connectivity index (χ2n) is 4.70. The highest BCUT2D eigenvalue weighted by molar-refractivity contribution is 5.91. The number of carbonyl (C=O) groups is 1. The summed E-state index contributed by atoms with van der Waals surface area (Å²) >= 11 is 0. The van der Waals surface area contributed by atoms with Crippen molar-refractivity contribution in [3.8, 4) is 5.75 Å². The Kier molecular flexibility index (Phi) is 4.76. The molecule has 1 heterocycles. The van der Waals surface area contributed by atoms with Crippen molar-refractivity contribution in [1.82, 2.24) is 10.2 Å². The minimum atomic E-state index is -0.0777. The van der Waals surface area contributed by atoms with Gasteiger partial charge in [-0.15, -0.1) is 0 Å². The van der Waals surface area contributed by atoms with Crippen LogP contribution < -0.4 is 15.4 Å². The molecule has 1 aliphatic rings. The van der Waals surface area contributed by atoms with Crippen molar-refractivity contribution in [3.63, 3.8) is 0 Å². The molecule has 5 nitrogen and oxygen atoms in total. The van der Waals surface area contributed by atoms with Gasteiger partial charge in [0.15, 0.2) is 0 Å². The number of anilines is 1. The zero-order valence-corrected chi connectivity index (χ0v) is 11.5. The Morgan fingerprint density at radius 3 is 2.79 bits per heavy atom. The Bertz CT molecular complexity index is 442. The van der Waals surface area contributed by atoms with Crippen LogP contribution in [0.5, 0.6) is 5.75 Å². The van der Waals surface area contributed by atoms with E-state index in [0.717, 1.165) is 44.0 Å². The molecule has 0 spiro atoms. The molecule has 1 aliphatic heterocycles. The number of hydrogen-bond donors (Lipinski definition) is 2. The van der Waals surface area contributed by atoms with Crippen LogP contribution in [0.2, 0.25) is 0 Å². The van der Waals surface area contributed by atoms with E-state index in [4.69, 9.17) is 4.74 Å². The minimum Gasteiger partial charge on any atom is -0.495 e. The highest BCUT2D eigenvalue weighted by atomic mass is 16.5. The van der Waals surface area contributed by atoms with Crippen LogP contribution in [0.3, 0.4) is 0 Å². The number of nitrogens with zero attached hydrogens (tertiary/aromatic N) is 1. The van der Waals surface area contributed by atoms with Gasteiger partial charge in [0, 0.05) is 39.6 Å². The van der Waals surface area contributed by atoms with E-state index in [2.05, 4.69) is 15.5 Å². The van der Waals surface area contributed by atoms with E-state index in [9.17, 15) is 4.79 Å². The van der Waals surface area contributed by atoms with Crippen LogP contribution >= 0.6 is 0 Å². The monoisotopic (exact) mass is 263 g/mol. The molecule has 2 rings (SSSR count). The Morgan fingerprint density at radius 2 is 2.16 bits per heavy atom. The molecule has 0 radical (unpaired) electrons. The smallest absolute Gasteiger partial charge is 0.221 e. The van der Waals surface area contributed by atoms with E-state index in [0.29, 0.717) is 5.75 Å². The maximum absolute atomic E-state index is 11.3. The van der Waals surface area contributed by atoms with Crippen molar-refractivity contribution in [2.75, 3.05) is 38.6 Å². The van der Waals surface area contributed by atoms with E-state index in [1.165, 1.54) is 6.92 Å². The first kappa shape index (κ1) is 13.8. The Labute approximate surface area is 113 Å². The van der Waals surface area contributed by atoms with Crippen molar-refractivity contribution in [1.29, 1.82) is 0 Å². The summed E-state index contributed by atoms with van der Waals surface area (Å²) in [5.74, 6) is 0.633. The third-order valence-electron chi connectivity index (χ3n) is 3.24.